The van der Waals surface area contributed by atoms with E-state index in [4.69, 9.17) is 14.9 Å². The first-order valence-corrected chi connectivity index (χ1v) is 12.5. The summed E-state index contributed by atoms with van der Waals surface area (Å²) >= 11 is 0. The van der Waals surface area contributed by atoms with Gasteiger partial charge in [0.25, 0.3) is 0 Å². The molecule has 3 unspecified atom stereocenters. The number of aliphatic hydroxyl groups is 1. The third-order valence-electron chi connectivity index (χ3n) is 10.5. The van der Waals surface area contributed by atoms with Gasteiger partial charge in [0.05, 0.1) is 24.2 Å². The lowest BCUT2D eigenvalue weighted by Crippen LogP contribution is -2.62. The number of hydrogen-bond acceptors (Lipinski definition) is 4. The normalized spacial score (nSPS) is 48.1. The van der Waals surface area contributed by atoms with E-state index in [1.807, 2.05) is 6.26 Å². The maximum atomic E-state index is 12.3. The van der Waals surface area contributed by atoms with E-state index in [0.717, 1.165) is 44.8 Å². The van der Waals surface area contributed by atoms with Crippen LogP contribution in [0.25, 0.3) is 0 Å². The topological polar surface area (TPSA) is 68.6 Å². The summed E-state index contributed by atoms with van der Waals surface area (Å²) in [6, 6.07) is 2.12. The van der Waals surface area contributed by atoms with Crippen LogP contribution in [0.15, 0.2) is 23.0 Å². The van der Waals surface area contributed by atoms with Crippen LogP contribution in [0.2, 0.25) is 0 Å². The monoisotopic (exact) mass is 415 g/mol. The highest BCUT2D eigenvalue weighted by Crippen LogP contribution is 2.70. The fraction of sp³-hybridized carbons (Fsp3) is 0.846. The summed E-state index contributed by atoms with van der Waals surface area (Å²) in [6.45, 7) is 6.46. The quantitative estimate of drug-likeness (QED) is 0.644. The number of ether oxygens (including phenoxy) is 1. The summed E-state index contributed by atoms with van der Waals surface area (Å²) in [5, 5.41) is 12.3. The number of fused-ring (bicyclic) bond motifs is 5. The Morgan fingerprint density at radius 2 is 1.97 bits per heavy atom. The van der Waals surface area contributed by atoms with Gasteiger partial charge < -0.3 is 20.0 Å². The zero-order chi connectivity index (χ0) is 21.0. The predicted octanol–water partition coefficient (Wildman–Crippen LogP) is 5.25. The molecule has 5 rings (SSSR count). The Balaban J connectivity index is 1.35. The van der Waals surface area contributed by atoms with Crippen LogP contribution in [0.3, 0.4) is 0 Å². The summed E-state index contributed by atoms with van der Waals surface area (Å²) in [5.41, 5.74) is 6.75. The average Bonchev–Trinajstić information content (AvgIpc) is 3.34. The van der Waals surface area contributed by atoms with Crippen molar-refractivity contribution in [1.82, 2.24) is 0 Å². The zero-order valence-electron chi connectivity index (χ0n) is 18.9. The van der Waals surface area contributed by atoms with E-state index in [1.54, 1.807) is 6.26 Å². The molecule has 0 aliphatic heterocycles. The molecule has 4 aliphatic carbocycles. The largest absolute Gasteiger partial charge is 0.472 e. The standard InChI is InChI=1S/C26H41NO3/c1-24-10-6-20(30-14-3-13-27)16-19(24)4-5-23-22(24)7-11-25(2)21(8-12-26(23,25)28)18-9-15-29-17-18/h9,15,17,19-23,28H,3-8,10-14,16,27H2,1-2H3/t19?,20?,21?,22-,23-,24+,25-,26-/m1/s1. The molecule has 168 valence electrons. The Kier molecular flexibility index (Phi) is 5.35. The van der Waals surface area contributed by atoms with E-state index >= 15 is 0 Å². The molecule has 30 heavy (non-hydrogen) atoms. The van der Waals surface area contributed by atoms with E-state index < -0.39 is 5.60 Å². The highest BCUT2D eigenvalue weighted by atomic mass is 16.5. The van der Waals surface area contributed by atoms with Crippen LogP contribution < -0.4 is 5.73 Å². The summed E-state index contributed by atoms with van der Waals surface area (Å²) < 4.78 is 11.6. The number of furan rings is 1. The van der Waals surface area contributed by atoms with Crippen LogP contribution in [0.4, 0.5) is 0 Å². The van der Waals surface area contributed by atoms with Crippen molar-refractivity contribution in [3.8, 4) is 0 Å². The van der Waals surface area contributed by atoms with Gasteiger partial charge in [0.1, 0.15) is 0 Å². The molecule has 1 aromatic heterocycles. The molecule has 0 spiro atoms. The van der Waals surface area contributed by atoms with Crippen molar-refractivity contribution in [1.29, 1.82) is 0 Å². The highest BCUT2D eigenvalue weighted by molar-refractivity contribution is 5.26. The van der Waals surface area contributed by atoms with Crippen molar-refractivity contribution < 1.29 is 14.3 Å². The Labute approximate surface area is 181 Å². The van der Waals surface area contributed by atoms with Crippen LogP contribution in [0.1, 0.15) is 89.5 Å². The summed E-state index contributed by atoms with van der Waals surface area (Å²) in [6.07, 6.45) is 15.6. The predicted molar refractivity (Wildman–Crippen MR) is 118 cm³/mol. The summed E-state index contributed by atoms with van der Waals surface area (Å²) in [7, 11) is 0. The zero-order valence-corrected chi connectivity index (χ0v) is 18.9. The van der Waals surface area contributed by atoms with Crippen LogP contribution in [0, 0.1) is 28.6 Å². The molecule has 1 heterocycles. The first-order chi connectivity index (χ1) is 14.4. The van der Waals surface area contributed by atoms with Gasteiger partial charge in [-0.05, 0) is 111 Å². The molecule has 0 amide bonds. The molecule has 4 heteroatoms. The average molecular weight is 416 g/mol. The molecule has 4 nitrogen and oxygen atoms in total. The molecule has 0 radical (unpaired) electrons. The Hall–Kier alpha value is -0.840. The molecular weight excluding hydrogens is 374 g/mol. The van der Waals surface area contributed by atoms with E-state index in [0.29, 0.717) is 29.3 Å². The lowest BCUT2D eigenvalue weighted by molar-refractivity contribution is -0.207. The van der Waals surface area contributed by atoms with Crippen molar-refractivity contribution in [2.45, 2.75) is 95.7 Å². The van der Waals surface area contributed by atoms with E-state index in [9.17, 15) is 5.11 Å². The Bertz CT molecular complexity index is 735. The second kappa shape index (κ2) is 7.64. The van der Waals surface area contributed by atoms with E-state index in [-0.39, 0.29) is 5.41 Å². The molecule has 3 N–H and O–H groups in total. The van der Waals surface area contributed by atoms with Gasteiger partial charge in [-0.2, -0.15) is 0 Å². The van der Waals surface area contributed by atoms with Gasteiger partial charge in [-0.25, -0.2) is 0 Å². The summed E-state index contributed by atoms with van der Waals surface area (Å²) in [5.74, 6) is 2.28. The van der Waals surface area contributed by atoms with Gasteiger partial charge >= 0.3 is 0 Å². The maximum absolute atomic E-state index is 12.3. The molecule has 4 fully saturated rings. The molecule has 1 aromatic rings. The molecule has 8 atom stereocenters. The van der Waals surface area contributed by atoms with Gasteiger partial charge in [0, 0.05) is 12.0 Å². The van der Waals surface area contributed by atoms with Gasteiger partial charge in [-0.15, -0.1) is 0 Å². The minimum atomic E-state index is -0.527. The first kappa shape index (κ1) is 21.0. The molecule has 0 aromatic carbocycles. The van der Waals surface area contributed by atoms with Gasteiger partial charge in [-0.1, -0.05) is 13.8 Å². The lowest BCUT2D eigenvalue weighted by Gasteiger charge is -2.63. The van der Waals surface area contributed by atoms with Crippen LogP contribution in [-0.4, -0.2) is 30.0 Å². The third-order valence-corrected chi connectivity index (χ3v) is 10.5. The summed E-state index contributed by atoms with van der Waals surface area (Å²) in [4.78, 5) is 0. The molecule has 0 saturated heterocycles. The first-order valence-electron chi connectivity index (χ1n) is 12.5. The number of rotatable bonds is 5. The van der Waals surface area contributed by atoms with E-state index in [2.05, 4.69) is 19.9 Å². The van der Waals surface area contributed by atoms with Crippen LogP contribution >= 0.6 is 0 Å². The second-order valence-corrected chi connectivity index (χ2v) is 11.4. The smallest absolute Gasteiger partial charge is 0.0937 e. The fourth-order valence-electron chi connectivity index (χ4n) is 8.68. The minimum Gasteiger partial charge on any atom is -0.472 e. The maximum Gasteiger partial charge on any atom is 0.0937 e. The SMILES string of the molecule is C[C@]12CCC(OCCCN)CC1CC[C@@H]1[C@H]2CC[C@]2(C)C(c3ccoc3)CC[C@@]12O. The number of nitrogens with two attached hydrogens (primary N) is 1. The van der Waals surface area contributed by atoms with E-state index in [1.165, 1.54) is 44.1 Å². The van der Waals surface area contributed by atoms with Crippen LogP contribution in [0.5, 0.6) is 0 Å². The Morgan fingerprint density at radius 3 is 2.73 bits per heavy atom. The van der Waals surface area contributed by atoms with Gasteiger partial charge in [0.15, 0.2) is 0 Å². The lowest BCUT2D eigenvalue weighted by atomic mass is 9.43. The third kappa shape index (κ3) is 2.97. The van der Waals surface area contributed by atoms with Crippen molar-refractivity contribution in [3.05, 3.63) is 24.2 Å². The fourth-order valence-corrected chi connectivity index (χ4v) is 8.68. The minimum absolute atomic E-state index is 0.0240. The number of hydrogen-bond donors (Lipinski definition) is 2. The molecular formula is C26H41NO3. The van der Waals surface area contributed by atoms with Crippen LogP contribution in [-0.2, 0) is 4.74 Å². The molecule has 4 aliphatic rings. The van der Waals surface area contributed by atoms with Crippen molar-refractivity contribution in [2.75, 3.05) is 13.2 Å². The molecule has 0 bridgehead atoms. The molecule has 4 saturated carbocycles. The Morgan fingerprint density at radius 1 is 1.10 bits per heavy atom. The van der Waals surface area contributed by atoms with Crippen molar-refractivity contribution in [3.63, 3.8) is 0 Å². The van der Waals surface area contributed by atoms with Gasteiger partial charge in [-0.3, -0.25) is 0 Å². The second-order valence-electron chi connectivity index (χ2n) is 11.4. The highest BCUT2D eigenvalue weighted by Gasteiger charge is 2.67. The van der Waals surface area contributed by atoms with Crippen molar-refractivity contribution >= 4 is 0 Å². The van der Waals surface area contributed by atoms with Crippen molar-refractivity contribution in [2.24, 2.45) is 34.3 Å². The van der Waals surface area contributed by atoms with Gasteiger partial charge in [0.2, 0.25) is 0 Å².